The molecule has 0 unspecified atom stereocenters. The zero-order valence-corrected chi connectivity index (χ0v) is 55.5. The Balaban J connectivity index is 0.000000187. The summed E-state index contributed by atoms with van der Waals surface area (Å²) in [6.45, 7) is 11.4. The lowest BCUT2D eigenvalue weighted by atomic mass is 9.86. The van der Waals surface area contributed by atoms with Gasteiger partial charge >= 0.3 is 14.1 Å². The van der Waals surface area contributed by atoms with Crippen molar-refractivity contribution in [2.45, 2.75) is 53.2 Å². The van der Waals surface area contributed by atoms with Gasteiger partial charge in [0.05, 0.1) is 47.6 Å². The van der Waals surface area contributed by atoms with Gasteiger partial charge in [-0.05, 0) is 149 Å². The van der Waals surface area contributed by atoms with Gasteiger partial charge in [-0.1, -0.05) is 70.7 Å². The van der Waals surface area contributed by atoms with Crippen LogP contribution < -0.4 is 42.4 Å². The molecule has 2 saturated heterocycles. The molecule has 33 heteroatoms. The highest BCUT2D eigenvalue weighted by molar-refractivity contribution is 6.45. The number of benzene rings is 6. The normalized spacial score (nSPS) is 12.7. The molecule has 2 aliphatic rings. The number of piperidine rings is 2. The molecule has 0 aliphatic carbocycles. The van der Waals surface area contributed by atoms with Crippen molar-refractivity contribution in [3.8, 4) is 0 Å². The van der Waals surface area contributed by atoms with Gasteiger partial charge in [0.25, 0.3) is 22.7 Å². The number of halogens is 4. The second-order valence-corrected chi connectivity index (χ2v) is 23.6. The molecule has 2 amide bonds. The van der Waals surface area contributed by atoms with E-state index in [0.717, 1.165) is 104 Å². The first-order valence-corrected chi connectivity index (χ1v) is 31.3. The number of nitro groups is 4. The fraction of sp³-hybridized carbons (Fsp3) is 0.254. The van der Waals surface area contributed by atoms with Crippen molar-refractivity contribution >= 4 is 162 Å². The molecule has 6 aromatic carbocycles. The number of pyridine rings is 3. The highest BCUT2D eigenvalue weighted by Gasteiger charge is 2.27. The zero-order chi connectivity index (χ0) is 70.2. The van der Waals surface area contributed by atoms with Crippen molar-refractivity contribution in [3.63, 3.8) is 0 Å². The summed E-state index contributed by atoms with van der Waals surface area (Å²) < 4.78 is 0. The Bertz CT molecular complexity index is 4190. The maximum absolute atomic E-state index is 11.5. The van der Waals surface area contributed by atoms with Crippen LogP contribution >= 0.6 is 46.4 Å². The first kappa shape index (κ1) is 75.4. The van der Waals surface area contributed by atoms with Crippen molar-refractivity contribution in [3.05, 3.63) is 213 Å². The van der Waals surface area contributed by atoms with Gasteiger partial charge in [0.1, 0.15) is 20.8 Å². The quantitative estimate of drug-likeness (QED) is 0.0217. The second kappa shape index (κ2) is 36.9. The summed E-state index contributed by atoms with van der Waals surface area (Å²) in [6.07, 6.45) is 9.24. The van der Waals surface area contributed by atoms with Crippen molar-refractivity contribution < 1.29 is 39.3 Å². The van der Waals surface area contributed by atoms with Crippen LogP contribution in [0.5, 0.6) is 0 Å². The van der Waals surface area contributed by atoms with E-state index in [-0.39, 0.29) is 54.6 Å². The lowest BCUT2D eigenvalue weighted by Gasteiger charge is -2.34. The standard InChI is InChI=1S/C16H21BN4O3.C16H23BN4O.C9H5ClN2O2.C8H7ClN2O3.C8H8ClNO.C6H5ClN2O2/c1-17(22)19-11-12-4-7-20(8-5-12)15-10-14-13(3-2-6-18-14)9-16(15)21(23)24;1-17(22)20-11-12-4-7-21(8-5-12)16-10-15-13(9-14(16)18)3-2-6-19-15;10-7-5-8-6(2-1-3-11-8)4-9(7)12(13)14;1-5(12)10-6-2-3-8(11(13)14)7(9)4-6;1-6(11)10-8-4-2-3-7(9)5-8;7-5-3-4(8)1-2-6(5)9(10)11/h2-3,6,9-10,12,19,22H,4-5,7-8,11H2,1H3;2-3,6,9-10,12,20,22H,4-5,7-8,11,18H2,1H3;1-5H;2-4H,1H3,(H,10,12);2-5H,1H3,(H,10,11);1-3H,8H2. The number of aromatic nitrogens is 3. The Morgan fingerprint density at radius 3 is 1.35 bits per heavy atom. The number of hydrogen-bond donors (Lipinski definition) is 8. The number of anilines is 6. The molecule has 0 spiro atoms. The van der Waals surface area contributed by atoms with Gasteiger partial charge in [0, 0.05) is 121 Å². The number of nitro benzene ring substituents is 4. The molecule has 502 valence electrons. The van der Waals surface area contributed by atoms with Crippen molar-refractivity contribution in [1.29, 1.82) is 0 Å². The summed E-state index contributed by atoms with van der Waals surface area (Å²) in [5.74, 6) is 0.751. The van der Waals surface area contributed by atoms with E-state index in [1.165, 1.54) is 62.4 Å². The summed E-state index contributed by atoms with van der Waals surface area (Å²) in [5.41, 5.74) is 17.9. The summed E-state index contributed by atoms with van der Waals surface area (Å²) in [7, 11) is -0.934. The minimum Gasteiger partial charge on any atom is -0.437 e. The molecule has 0 saturated carbocycles. The Labute approximate surface area is 572 Å². The van der Waals surface area contributed by atoms with E-state index in [1.807, 2.05) is 36.5 Å². The molecule has 11 rings (SSSR count). The number of fused-ring (bicyclic) bond motifs is 3. The molecule has 10 N–H and O–H groups in total. The number of nitrogens with one attached hydrogen (secondary N) is 4. The molecular weight excluding hydrogens is 1320 g/mol. The molecular formula is C63H69B2Cl4N15O12. The maximum Gasteiger partial charge on any atom is 0.373 e. The zero-order valence-electron chi connectivity index (χ0n) is 52.5. The number of carbonyl (C=O) groups excluding carboxylic acids is 2. The van der Waals surface area contributed by atoms with Crippen LogP contribution in [0.15, 0.2) is 152 Å². The molecule has 0 radical (unpaired) electrons. The second-order valence-electron chi connectivity index (χ2n) is 22.0. The smallest absolute Gasteiger partial charge is 0.373 e. The summed E-state index contributed by atoms with van der Waals surface area (Å²) in [6, 6.07) is 36.6. The van der Waals surface area contributed by atoms with Crippen molar-refractivity contribution in [1.82, 2.24) is 25.4 Å². The Morgan fingerprint density at radius 2 is 0.917 bits per heavy atom. The lowest BCUT2D eigenvalue weighted by Crippen LogP contribution is -2.41. The highest BCUT2D eigenvalue weighted by atomic mass is 35.5. The van der Waals surface area contributed by atoms with Crippen LogP contribution in [0.2, 0.25) is 33.7 Å². The number of amides is 2. The fourth-order valence-corrected chi connectivity index (χ4v) is 10.9. The maximum atomic E-state index is 11.5. The molecule has 0 atom stereocenters. The summed E-state index contributed by atoms with van der Waals surface area (Å²) in [5, 5.41) is 75.9. The number of rotatable bonds is 14. The fourth-order valence-electron chi connectivity index (χ4n) is 9.93. The average Bonchev–Trinajstić information content (AvgIpc) is 0.823. The molecule has 3 aromatic heterocycles. The lowest BCUT2D eigenvalue weighted by molar-refractivity contribution is -0.384. The van der Waals surface area contributed by atoms with E-state index in [2.05, 4.69) is 51.9 Å². The van der Waals surface area contributed by atoms with Gasteiger partial charge in [-0.25, -0.2) is 0 Å². The van der Waals surface area contributed by atoms with E-state index in [9.17, 15) is 60.1 Å². The van der Waals surface area contributed by atoms with Gasteiger partial charge in [0.2, 0.25) is 11.8 Å². The van der Waals surface area contributed by atoms with Crippen LogP contribution in [0.1, 0.15) is 39.5 Å². The largest absolute Gasteiger partial charge is 0.437 e. The van der Waals surface area contributed by atoms with Crippen LogP contribution in [0.4, 0.5) is 56.9 Å². The number of hydrogen-bond acceptors (Lipinski definition) is 21. The molecule has 5 heterocycles. The summed E-state index contributed by atoms with van der Waals surface area (Å²) >= 11 is 22.5. The molecule has 2 fully saturated rings. The van der Waals surface area contributed by atoms with Gasteiger partial charge in [-0.2, -0.15) is 0 Å². The van der Waals surface area contributed by atoms with Gasteiger partial charge < -0.3 is 52.4 Å². The topological polar surface area (TPSA) is 392 Å². The third-order valence-electron chi connectivity index (χ3n) is 14.6. The number of nitrogens with two attached hydrogens (primary N) is 2. The third kappa shape index (κ3) is 23.7. The predicted molar refractivity (Wildman–Crippen MR) is 382 cm³/mol. The number of nitrogens with zero attached hydrogens (tertiary/aromatic N) is 9. The van der Waals surface area contributed by atoms with Crippen molar-refractivity contribution in [2.24, 2.45) is 11.8 Å². The van der Waals surface area contributed by atoms with E-state index in [1.54, 1.807) is 74.6 Å². The Hall–Kier alpha value is -9.58. The first-order valence-electron chi connectivity index (χ1n) is 29.8. The van der Waals surface area contributed by atoms with Crippen LogP contribution in [-0.2, 0) is 9.59 Å². The van der Waals surface area contributed by atoms with Gasteiger partial charge in [-0.15, -0.1) is 0 Å². The molecule has 2 aliphatic heterocycles. The minimum atomic E-state index is -0.583. The van der Waals surface area contributed by atoms with Crippen LogP contribution in [0, 0.1) is 52.3 Å². The molecule has 96 heavy (non-hydrogen) atoms. The van der Waals surface area contributed by atoms with Crippen LogP contribution in [-0.4, -0.2) is 110 Å². The minimum absolute atomic E-state index is 0.00116. The monoisotopic (exact) mass is 1390 g/mol. The molecule has 0 bridgehead atoms. The van der Waals surface area contributed by atoms with E-state index in [0.29, 0.717) is 44.8 Å². The van der Waals surface area contributed by atoms with Crippen LogP contribution in [0.3, 0.4) is 0 Å². The number of nitrogen functional groups attached to an aromatic ring is 2. The molecule has 9 aromatic rings. The first-order chi connectivity index (χ1) is 45.6. The third-order valence-corrected chi connectivity index (χ3v) is 15.8. The summed E-state index contributed by atoms with van der Waals surface area (Å²) in [4.78, 5) is 79.1. The molecule has 27 nitrogen and oxygen atoms in total. The highest BCUT2D eigenvalue weighted by Crippen LogP contribution is 2.36. The average molecular weight is 1390 g/mol. The van der Waals surface area contributed by atoms with Crippen molar-refractivity contribution in [2.75, 3.05) is 71.2 Å². The van der Waals surface area contributed by atoms with Gasteiger partial charge in [0.15, 0.2) is 0 Å². The van der Waals surface area contributed by atoms with E-state index >= 15 is 0 Å². The Kier molecular flexibility index (Phi) is 29.0. The Morgan fingerprint density at radius 1 is 0.510 bits per heavy atom. The predicted octanol–water partition coefficient (Wildman–Crippen LogP) is 12.9. The SMILES string of the molecule is CB(O)NCC1CCN(c2cc3ncccc3cc2N)CC1.CB(O)NCC1CCN(c2cc3ncccc3cc2[N+](=O)[O-])CC1.CC(=O)Nc1ccc([N+](=O)[O-])c(Cl)c1.CC(=O)Nc1cccc(Cl)c1.Nc1ccc([N+](=O)[O-])c(Cl)c1.O=[N+]([O-])c1cc2cccnc2cc1Cl. The van der Waals surface area contributed by atoms with Gasteiger partial charge in [-0.3, -0.25) is 65.0 Å². The van der Waals surface area contributed by atoms with E-state index < -0.39 is 28.9 Å². The van der Waals surface area contributed by atoms with Crippen LogP contribution in [0.25, 0.3) is 32.7 Å². The number of carbonyl (C=O) groups is 2. The van der Waals surface area contributed by atoms with E-state index in [4.69, 9.17) is 57.9 Å².